The Morgan fingerprint density at radius 1 is 1.11 bits per heavy atom. The molecule has 0 atom stereocenters. The van der Waals surface area contributed by atoms with Crippen molar-refractivity contribution in [2.45, 2.75) is 72.3 Å². The molecule has 0 aliphatic heterocycles. The Balaban J connectivity index is 1.88. The van der Waals surface area contributed by atoms with Gasteiger partial charge < -0.3 is 5.32 Å². The lowest BCUT2D eigenvalue weighted by molar-refractivity contribution is 0.0828. The van der Waals surface area contributed by atoms with E-state index in [0.717, 1.165) is 13.0 Å². The number of hydrogen-bond acceptors (Lipinski definition) is 2. The molecule has 0 unspecified atom stereocenters. The Bertz CT molecular complexity index is 329. The normalized spacial score (nSPS) is 28.6. The van der Waals surface area contributed by atoms with Gasteiger partial charge in [-0.3, -0.25) is 0 Å². The summed E-state index contributed by atoms with van der Waals surface area (Å²) in [6.45, 7) is 10.6. The summed E-state index contributed by atoms with van der Waals surface area (Å²) in [6.07, 6.45) is 7.10. The SMILES string of the molecule is CC1(C)CC(NCC2(CC#N)CC2)CC(C)(C)C1. The van der Waals surface area contributed by atoms with Gasteiger partial charge in [-0.15, -0.1) is 0 Å². The van der Waals surface area contributed by atoms with Crippen molar-refractivity contribution in [2.75, 3.05) is 6.54 Å². The molecule has 2 aliphatic rings. The second-order valence-corrected chi connectivity index (χ2v) is 8.33. The maximum atomic E-state index is 8.87. The van der Waals surface area contributed by atoms with Crippen molar-refractivity contribution < 1.29 is 0 Å². The molecule has 0 aromatic heterocycles. The predicted molar refractivity (Wildman–Crippen MR) is 75.1 cm³/mol. The highest BCUT2D eigenvalue weighted by atomic mass is 14.9. The van der Waals surface area contributed by atoms with Gasteiger partial charge in [0.25, 0.3) is 0 Å². The fraction of sp³-hybridized carbons (Fsp3) is 0.938. The smallest absolute Gasteiger partial charge is 0.0628 e. The highest BCUT2D eigenvalue weighted by Crippen LogP contribution is 2.49. The van der Waals surface area contributed by atoms with Crippen LogP contribution in [0.2, 0.25) is 0 Å². The van der Waals surface area contributed by atoms with Crippen molar-refractivity contribution in [3.63, 3.8) is 0 Å². The Morgan fingerprint density at radius 3 is 2.11 bits per heavy atom. The molecule has 2 fully saturated rings. The number of hydrogen-bond donors (Lipinski definition) is 1. The lowest BCUT2D eigenvalue weighted by atomic mass is 9.63. The largest absolute Gasteiger partial charge is 0.313 e. The van der Waals surface area contributed by atoms with Crippen molar-refractivity contribution in [2.24, 2.45) is 16.2 Å². The number of rotatable bonds is 4. The van der Waals surface area contributed by atoms with Crippen LogP contribution in [0.3, 0.4) is 0 Å². The average molecular weight is 248 g/mol. The van der Waals surface area contributed by atoms with E-state index in [9.17, 15) is 0 Å². The van der Waals surface area contributed by atoms with Crippen molar-refractivity contribution >= 4 is 0 Å². The summed E-state index contributed by atoms with van der Waals surface area (Å²) in [4.78, 5) is 0. The first-order chi connectivity index (χ1) is 8.26. The molecule has 2 saturated carbocycles. The Labute approximate surface area is 112 Å². The summed E-state index contributed by atoms with van der Waals surface area (Å²) in [6, 6.07) is 2.99. The van der Waals surface area contributed by atoms with Gasteiger partial charge in [-0.25, -0.2) is 0 Å². The van der Waals surface area contributed by atoms with E-state index >= 15 is 0 Å². The Kier molecular flexibility index (Phi) is 3.49. The van der Waals surface area contributed by atoms with Gasteiger partial charge in [0.1, 0.15) is 0 Å². The van der Waals surface area contributed by atoms with Crippen LogP contribution in [0, 0.1) is 27.6 Å². The minimum absolute atomic E-state index is 0.334. The minimum atomic E-state index is 0.334. The van der Waals surface area contributed by atoms with Crippen molar-refractivity contribution in [3.05, 3.63) is 0 Å². The lowest BCUT2D eigenvalue weighted by Gasteiger charge is -2.45. The third-order valence-corrected chi connectivity index (χ3v) is 4.73. The van der Waals surface area contributed by atoms with Crippen LogP contribution in [-0.4, -0.2) is 12.6 Å². The summed E-state index contributed by atoms with van der Waals surface area (Å²) in [5.41, 5.74) is 1.23. The van der Waals surface area contributed by atoms with E-state index in [4.69, 9.17) is 5.26 Å². The third kappa shape index (κ3) is 3.48. The maximum absolute atomic E-state index is 8.87. The number of nitrogens with one attached hydrogen (secondary N) is 1. The van der Waals surface area contributed by atoms with Crippen LogP contribution in [0.1, 0.15) is 66.2 Å². The zero-order chi connectivity index (χ0) is 13.4. The van der Waals surface area contributed by atoms with E-state index in [2.05, 4.69) is 39.1 Å². The topological polar surface area (TPSA) is 35.8 Å². The highest BCUT2D eigenvalue weighted by Gasteiger charge is 2.44. The third-order valence-electron chi connectivity index (χ3n) is 4.73. The van der Waals surface area contributed by atoms with Gasteiger partial charge in [-0.05, 0) is 48.3 Å². The fourth-order valence-corrected chi connectivity index (χ4v) is 4.11. The fourth-order valence-electron chi connectivity index (χ4n) is 4.11. The molecule has 0 radical (unpaired) electrons. The molecule has 0 amide bonds. The second kappa shape index (κ2) is 4.53. The quantitative estimate of drug-likeness (QED) is 0.819. The van der Waals surface area contributed by atoms with Crippen LogP contribution in [0.15, 0.2) is 0 Å². The summed E-state index contributed by atoms with van der Waals surface area (Å²) in [5, 5.41) is 12.6. The number of nitriles is 1. The first-order valence-corrected chi connectivity index (χ1v) is 7.36. The predicted octanol–water partition coefficient (Wildman–Crippen LogP) is 3.87. The molecule has 2 heteroatoms. The maximum Gasteiger partial charge on any atom is 0.0628 e. The molecule has 2 aliphatic carbocycles. The molecular formula is C16H28N2. The van der Waals surface area contributed by atoms with Gasteiger partial charge in [0.15, 0.2) is 0 Å². The van der Waals surface area contributed by atoms with E-state index in [1.54, 1.807) is 0 Å². The van der Waals surface area contributed by atoms with Crippen molar-refractivity contribution in [3.8, 4) is 6.07 Å². The first kappa shape index (κ1) is 13.9. The molecule has 18 heavy (non-hydrogen) atoms. The highest BCUT2D eigenvalue weighted by molar-refractivity contribution is 5.02. The van der Waals surface area contributed by atoms with Crippen LogP contribution < -0.4 is 5.32 Å². The molecule has 0 aromatic carbocycles. The molecule has 0 spiro atoms. The molecule has 0 bridgehead atoms. The minimum Gasteiger partial charge on any atom is -0.313 e. The standard InChI is InChI=1S/C16H28N2/c1-14(2)9-13(10-15(3,4)11-14)18-12-16(5-6-16)7-8-17/h13,18H,5-7,9-12H2,1-4H3. The van der Waals surface area contributed by atoms with E-state index < -0.39 is 0 Å². The molecule has 0 saturated heterocycles. The monoisotopic (exact) mass is 248 g/mol. The van der Waals surface area contributed by atoms with Crippen molar-refractivity contribution in [1.82, 2.24) is 5.32 Å². The molecule has 0 heterocycles. The van der Waals surface area contributed by atoms with Gasteiger partial charge in [0, 0.05) is 19.0 Å². The van der Waals surface area contributed by atoms with Crippen LogP contribution in [0.5, 0.6) is 0 Å². The van der Waals surface area contributed by atoms with Crippen LogP contribution in [0.4, 0.5) is 0 Å². The Hall–Kier alpha value is -0.550. The van der Waals surface area contributed by atoms with E-state index in [0.29, 0.717) is 22.3 Å². The summed E-state index contributed by atoms with van der Waals surface area (Å²) in [7, 11) is 0. The summed E-state index contributed by atoms with van der Waals surface area (Å²) >= 11 is 0. The van der Waals surface area contributed by atoms with Crippen molar-refractivity contribution in [1.29, 1.82) is 5.26 Å². The lowest BCUT2D eigenvalue weighted by Crippen LogP contribution is -2.45. The zero-order valence-corrected chi connectivity index (χ0v) is 12.5. The van der Waals surface area contributed by atoms with Gasteiger partial charge in [-0.1, -0.05) is 27.7 Å². The van der Waals surface area contributed by atoms with Crippen LogP contribution in [0.25, 0.3) is 0 Å². The van der Waals surface area contributed by atoms with Gasteiger partial charge in [-0.2, -0.15) is 5.26 Å². The van der Waals surface area contributed by atoms with Crippen LogP contribution in [-0.2, 0) is 0 Å². The van der Waals surface area contributed by atoms with Crippen LogP contribution >= 0.6 is 0 Å². The van der Waals surface area contributed by atoms with Gasteiger partial charge in [0.2, 0.25) is 0 Å². The van der Waals surface area contributed by atoms with Gasteiger partial charge in [0.05, 0.1) is 6.07 Å². The average Bonchev–Trinajstić information content (AvgIpc) is 2.91. The molecule has 2 nitrogen and oxygen atoms in total. The second-order valence-electron chi connectivity index (χ2n) is 8.33. The zero-order valence-electron chi connectivity index (χ0n) is 12.5. The molecule has 102 valence electrons. The van der Waals surface area contributed by atoms with Gasteiger partial charge >= 0.3 is 0 Å². The first-order valence-electron chi connectivity index (χ1n) is 7.36. The van der Waals surface area contributed by atoms with E-state index in [1.807, 2.05) is 0 Å². The number of nitrogens with zero attached hydrogens (tertiary/aromatic N) is 1. The van der Waals surface area contributed by atoms with E-state index in [-0.39, 0.29) is 0 Å². The molecule has 0 aromatic rings. The molecular weight excluding hydrogens is 220 g/mol. The van der Waals surface area contributed by atoms with E-state index in [1.165, 1.54) is 32.1 Å². The summed E-state index contributed by atoms with van der Waals surface area (Å²) < 4.78 is 0. The summed E-state index contributed by atoms with van der Waals surface area (Å²) in [5.74, 6) is 0. The molecule has 1 N–H and O–H groups in total. The molecule has 2 rings (SSSR count). The Morgan fingerprint density at radius 2 is 1.67 bits per heavy atom.